The molecule has 0 aromatic carbocycles. The molecule has 3 aromatic heterocycles. The number of hydrogen-bond acceptors (Lipinski definition) is 4. The summed E-state index contributed by atoms with van der Waals surface area (Å²) in [6, 6.07) is 6.02. The standard InChI is InChI=1S/C15H15N5O/c1-2-6-19-8-10(16-13(19)3-1)7-14-17-18-15-12-5-4-11(21-12)9-20(14)15/h1-3,6,8,11-12H,4-5,7,9H2/t11-,12+/m1/s1. The van der Waals surface area contributed by atoms with Crippen LogP contribution in [0.5, 0.6) is 0 Å². The zero-order chi connectivity index (χ0) is 13.8. The van der Waals surface area contributed by atoms with Gasteiger partial charge in [0.15, 0.2) is 5.82 Å². The van der Waals surface area contributed by atoms with Gasteiger partial charge in [0.1, 0.15) is 17.6 Å². The van der Waals surface area contributed by atoms with E-state index in [2.05, 4.69) is 25.9 Å². The van der Waals surface area contributed by atoms with Crippen molar-refractivity contribution in [2.24, 2.45) is 0 Å². The molecule has 1 saturated heterocycles. The van der Waals surface area contributed by atoms with Gasteiger partial charge in [0.05, 0.1) is 24.8 Å². The maximum Gasteiger partial charge on any atom is 0.162 e. The second kappa shape index (κ2) is 4.14. The van der Waals surface area contributed by atoms with E-state index in [9.17, 15) is 0 Å². The van der Waals surface area contributed by atoms with Crippen molar-refractivity contribution in [1.29, 1.82) is 0 Å². The molecule has 6 nitrogen and oxygen atoms in total. The molecule has 2 aliphatic rings. The first kappa shape index (κ1) is 11.4. The normalized spacial score (nSPS) is 23.6. The van der Waals surface area contributed by atoms with Crippen LogP contribution in [0.15, 0.2) is 30.6 Å². The van der Waals surface area contributed by atoms with Crippen molar-refractivity contribution in [2.75, 3.05) is 0 Å². The van der Waals surface area contributed by atoms with Crippen LogP contribution in [-0.4, -0.2) is 30.3 Å². The summed E-state index contributed by atoms with van der Waals surface area (Å²) >= 11 is 0. The van der Waals surface area contributed by atoms with Crippen LogP contribution in [-0.2, 0) is 17.7 Å². The van der Waals surface area contributed by atoms with Crippen molar-refractivity contribution in [3.05, 3.63) is 47.9 Å². The van der Waals surface area contributed by atoms with Gasteiger partial charge in [0.2, 0.25) is 0 Å². The van der Waals surface area contributed by atoms with E-state index in [1.54, 1.807) is 0 Å². The van der Waals surface area contributed by atoms with Crippen molar-refractivity contribution < 1.29 is 4.74 Å². The molecule has 2 bridgehead atoms. The number of pyridine rings is 1. The molecule has 5 rings (SSSR count). The molecule has 2 atom stereocenters. The van der Waals surface area contributed by atoms with E-state index < -0.39 is 0 Å². The minimum absolute atomic E-state index is 0.145. The van der Waals surface area contributed by atoms with E-state index in [1.165, 1.54) is 0 Å². The molecule has 1 fully saturated rings. The Bertz CT molecular complexity index is 787. The number of hydrogen-bond donors (Lipinski definition) is 0. The predicted octanol–water partition coefficient (Wildman–Crippen LogP) is 1.75. The third kappa shape index (κ3) is 1.72. The van der Waals surface area contributed by atoms with Crippen LogP contribution in [0, 0.1) is 0 Å². The lowest BCUT2D eigenvalue weighted by molar-refractivity contribution is 0.00521. The first-order valence-corrected chi connectivity index (χ1v) is 7.37. The average molecular weight is 281 g/mol. The average Bonchev–Trinajstić information content (AvgIpc) is 3.18. The molecule has 0 saturated carbocycles. The predicted molar refractivity (Wildman–Crippen MR) is 74.9 cm³/mol. The van der Waals surface area contributed by atoms with Crippen molar-refractivity contribution in [3.8, 4) is 0 Å². The Kier molecular flexibility index (Phi) is 2.26. The Labute approximate surface area is 121 Å². The lowest BCUT2D eigenvalue weighted by Crippen LogP contribution is -2.25. The minimum atomic E-state index is 0.145. The van der Waals surface area contributed by atoms with Crippen molar-refractivity contribution in [2.45, 2.75) is 38.0 Å². The summed E-state index contributed by atoms with van der Waals surface area (Å²) in [5.74, 6) is 1.98. The van der Waals surface area contributed by atoms with E-state index >= 15 is 0 Å². The zero-order valence-electron chi connectivity index (χ0n) is 11.5. The maximum atomic E-state index is 5.89. The van der Waals surface area contributed by atoms with E-state index in [0.717, 1.165) is 42.4 Å². The quantitative estimate of drug-likeness (QED) is 0.718. The third-order valence-corrected chi connectivity index (χ3v) is 4.39. The molecule has 6 heteroatoms. The highest BCUT2D eigenvalue weighted by Gasteiger charge is 2.36. The lowest BCUT2D eigenvalue weighted by atomic mass is 10.2. The summed E-state index contributed by atoms with van der Waals surface area (Å²) in [7, 11) is 0. The molecule has 0 amide bonds. The van der Waals surface area contributed by atoms with Gasteiger partial charge < -0.3 is 13.7 Å². The van der Waals surface area contributed by atoms with Gasteiger partial charge in [-0.1, -0.05) is 6.07 Å². The first-order chi connectivity index (χ1) is 10.4. The van der Waals surface area contributed by atoms with Gasteiger partial charge in [0, 0.05) is 12.4 Å². The molecule has 2 aliphatic heterocycles. The molecule has 0 N–H and O–H groups in total. The molecular formula is C15H15N5O. The number of imidazole rings is 1. The molecule has 5 heterocycles. The first-order valence-electron chi connectivity index (χ1n) is 7.37. The Morgan fingerprint density at radius 1 is 1.24 bits per heavy atom. The van der Waals surface area contributed by atoms with Gasteiger partial charge in [-0.2, -0.15) is 0 Å². The fourth-order valence-corrected chi connectivity index (χ4v) is 3.38. The highest BCUT2D eigenvalue weighted by Crippen LogP contribution is 2.37. The fraction of sp³-hybridized carbons (Fsp3) is 0.400. The fourth-order valence-electron chi connectivity index (χ4n) is 3.38. The van der Waals surface area contributed by atoms with Gasteiger partial charge in [-0.15, -0.1) is 10.2 Å². The number of ether oxygens (including phenoxy) is 1. The summed E-state index contributed by atoms with van der Waals surface area (Å²) < 4.78 is 10.2. The van der Waals surface area contributed by atoms with Crippen LogP contribution in [0.4, 0.5) is 0 Å². The second-order valence-electron chi connectivity index (χ2n) is 5.78. The maximum absolute atomic E-state index is 5.89. The minimum Gasteiger partial charge on any atom is -0.365 e. The summed E-state index contributed by atoms with van der Waals surface area (Å²) in [4.78, 5) is 4.64. The van der Waals surface area contributed by atoms with E-state index in [-0.39, 0.29) is 6.10 Å². The van der Waals surface area contributed by atoms with Gasteiger partial charge in [-0.3, -0.25) is 0 Å². The number of nitrogens with zero attached hydrogens (tertiary/aromatic N) is 5. The molecule has 0 spiro atoms. The van der Waals surface area contributed by atoms with E-state index in [4.69, 9.17) is 4.74 Å². The molecule has 21 heavy (non-hydrogen) atoms. The van der Waals surface area contributed by atoms with Crippen LogP contribution in [0.2, 0.25) is 0 Å². The van der Waals surface area contributed by atoms with E-state index in [1.807, 2.05) is 28.8 Å². The smallest absolute Gasteiger partial charge is 0.162 e. The number of fused-ring (bicyclic) bond motifs is 5. The Morgan fingerprint density at radius 2 is 2.24 bits per heavy atom. The molecule has 106 valence electrons. The van der Waals surface area contributed by atoms with Crippen molar-refractivity contribution in [3.63, 3.8) is 0 Å². The highest BCUT2D eigenvalue weighted by atomic mass is 16.5. The Morgan fingerprint density at radius 3 is 3.19 bits per heavy atom. The highest BCUT2D eigenvalue weighted by molar-refractivity contribution is 5.39. The van der Waals surface area contributed by atoms with Gasteiger partial charge in [-0.05, 0) is 25.0 Å². The lowest BCUT2D eigenvalue weighted by Gasteiger charge is -2.22. The van der Waals surface area contributed by atoms with Crippen LogP contribution in [0.25, 0.3) is 5.65 Å². The Balaban J connectivity index is 1.51. The van der Waals surface area contributed by atoms with Crippen molar-refractivity contribution >= 4 is 5.65 Å². The van der Waals surface area contributed by atoms with Gasteiger partial charge >= 0.3 is 0 Å². The Hall–Kier alpha value is -2.21. The van der Waals surface area contributed by atoms with Crippen LogP contribution >= 0.6 is 0 Å². The third-order valence-electron chi connectivity index (χ3n) is 4.39. The zero-order valence-corrected chi connectivity index (χ0v) is 11.5. The second-order valence-corrected chi connectivity index (χ2v) is 5.78. The summed E-state index contributed by atoms with van der Waals surface area (Å²) in [6.07, 6.45) is 7.46. The van der Waals surface area contributed by atoms with Gasteiger partial charge in [-0.25, -0.2) is 4.98 Å². The van der Waals surface area contributed by atoms with E-state index in [0.29, 0.717) is 12.5 Å². The van der Waals surface area contributed by atoms with Crippen molar-refractivity contribution in [1.82, 2.24) is 24.1 Å². The summed E-state index contributed by atoms with van der Waals surface area (Å²) in [5.41, 5.74) is 1.99. The van der Waals surface area contributed by atoms with Gasteiger partial charge in [0.25, 0.3) is 0 Å². The monoisotopic (exact) mass is 281 g/mol. The summed E-state index contributed by atoms with van der Waals surface area (Å²) in [6.45, 7) is 0.877. The molecular weight excluding hydrogens is 266 g/mol. The molecule has 0 radical (unpaired) electrons. The largest absolute Gasteiger partial charge is 0.365 e. The number of aromatic nitrogens is 5. The van der Waals surface area contributed by atoms with Crippen LogP contribution in [0.3, 0.4) is 0 Å². The molecule has 0 aliphatic carbocycles. The molecule has 0 unspecified atom stereocenters. The SMILES string of the molecule is c1ccn2cc(Cc3nnc4n3C[C@H]3CC[C@@H]4O3)nc2c1. The topological polar surface area (TPSA) is 57.2 Å². The molecule has 3 aromatic rings. The number of rotatable bonds is 2. The summed E-state index contributed by atoms with van der Waals surface area (Å²) in [5, 5.41) is 8.70. The van der Waals surface area contributed by atoms with Crippen LogP contribution < -0.4 is 0 Å². The van der Waals surface area contributed by atoms with Crippen LogP contribution in [0.1, 0.15) is 36.3 Å².